The van der Waals surface area contributed by atoms with Crippen LogP contribution in [0.5, 0.6) is 0 Å². The van der Waals surface area contributed by atoms with Crippen molar-refractivity contribution >= 4 is 8.07 Å². The molecule has 0 aromatic rings. The van der Waals surface area contributed by atoms with Gasteiger partial charge in [0.2, 0.25) is 0 Å². The zero-order valence-corrected chi connectivity index (χ0v) is 9.64. The van der Waals surface area contributed by atoms with Crippen molar-refractivity contribution in [1.82, 2.24) is 0 Å². The van der Waals surface area contributed by atoms with Crippen molar-refractivity contribution < 1.29 is 0 Å². The predicted molar refractivity (Wildman–Crippen MR) is 61.6 cm³/mol. The zero-order valence-electron chi connectivity index (χ0n) is 8.64. The van der Waals surface area contributed by atoms with E-state index in [-0.39, 0.29) is 0 Å². The number of allylic oxidation sites excluding steroid dienone is 6. The summed E-state index contributed by atoms with van der Waals surface area (Å²) in [5.41, 5.74) is 3.21. The monoisotopic (exact) mass is 190 g/mol. The topological polar surface area (TPSA) is 0 Å². The van der Waals surface area contributed by atoms with Crippen LogP contribution in [0.25, 0.3) is 0 Å². The normalized spacial score (nSPS) is 25.7. The van der Waals surface area contributed by atoms with E-state index in [9.17, 15) is 0 Å². The standard InChI is InChI=1S/C12H18Si/c1-13(2)9-7-12(8-10-13)11-5-3-4-6-11/h3-6H,7-10H2,1-2H3. The zero-order chi connectivity index (χ0) is 9.31. The van der Waals surface area contributed by atoms with E-state index in [1.807, 2.05) is 0 Å². The van der Waals surface area contributed by atoms with Crippen LogP contribution < -0.4 is 0 Å². The van der Waals surface area contributed by atoms with Gasteiger partial charge in [0, 0.05) is 8.07 Å². The van der Waals surface area contributed by atoms with E-state index in [0.29, 0.717) is 0 Å². The minimum Gasteiger partial charge on any atom is -0.0693 e. The van der Waals surface area contributed by atoms with Gasteiger partial charge in [-0.15, -0.1) is 0 Å². The molecule has 1 saturated heterocycles. The van der Waals surface area contributed by atoms with Crippen molar-refractivity contribution in [2.75, 3.05) is 0 Å². The quantitative estimate of drug-likeness (QED) is 0.508. The average Bonchev–Trinajstić information content (AvgIpc) is 2.56. The lowest BCUT2D eigenvalue weighted by atomic mass is 10.0. The molecule has 1 fully saturated rings. The van der Waals surface area contributed by atoms with Gasteiger partial charge in [0.15, 0.2) is 0 Å². The van der Waals surface area contributed by atoms with Crippen molar-refractivity contribution in [2.24, 2.45) is 0 Å². The molecule has 0 nitrogen and oxygen atoms in total. The van der Waals surface area contributed by atoms with Crippen LogP contribution in [0.15, 0.2) is 35.5 Å². The smallest absolute Gasteiger partial charge is 0.0480 e. The third kappa shape index (κ3) is 2.02. The maximum absolute atomic E-state index is 2.52. The van der Waals surface area contributed by atoms with E-state index in [4.69, 9.17) is 0 Å². The predicted octanol–water partition coefficient (Wildman–Crippen LogP) is 3.91. The second-order valence-electron chi connectivity index (χ2n) is 4.94. The highest BCUT2D eigenvalue weighted by Crippen LogP contribution is 2.34. The fourth-order valence-corrected chi connectivity index (χ4v) is 4.33. The molecule has 0 atom stereocenters. The Labute approximate surface area is 82.1 Å². The molecule has 70 valence electrons. The highest BCUT2D eigenvalue weighted by molar-refractivity contribution is 6.77. The summed E-state index contributed by atoms with van der Waals surface area (Å²) in [6.45, 7) is 5.05. The molecule has 0 aromatic heterocycles. The van der Waals surface area contributed by atoms with Crippen molar-refractivity contribution in [2.45, 2.75) is 38.0 Å². The minimum atomic E-state index is -0.766. The first-order valence-corrected chi connectivity index (χ1v) is 8.66. The van der Waals surface area contributed by atoms with E-state index in [2.05, 4.69) is 37.4 Å². The van der Waals surface area contributed by atoms with Gasteiger partial charge in [-0.05, 0) is 18.4 Å². The Morgan fingerprint density at radius 3 is 2.08 bits per heavy atom. The maximum Gasteiger partial charge on any atom is 0.0480 e. The Morgan fingerprint density at radius 1 is 1.00 bits per heavy atom. The van der Waals surface area contributed by atoms with E-state index >= 15 is 0 Å². The molecule has 1 aliphatic carbocycles. The third-order valence-corrected chi connectivity index (χ3v) is 6.49. The van der Waals surface area contributed by atoms with Gasteiger partial charge in [-0.3, -0.25) is 0 Å². The summed E-state index contributed by atoms with van der Waals surface area (Å²) in [5.74, 6) is 0. The Morgan fingerprint density at radius 2 is 1.54 bits per heavy atom. The molecule has 0 radical (unpaired) electrons. The van der Waals surface area contributed by atoms with Crippen LogP contribution in [0.2, 0.25) is 25.2 Å². The van der Waals surface area contributed by atoms with Gasteiger partial charge in [-0.2, -0.15) is 0 Å². The highest BCUT2D eigenvalue weighted by Gasteiger charge is 2.26. The van der Waals surface area contributed by atoms with Crippen molar-refractivity contribution in [3.8, 4) is 0 Å². The Hall–Kier alpha value is -0.563. The van der Waals surface area contributed by atoms with Crippen molar-refractivity contribution in [1.29, 1.82) is 0 Å². The Bertz CT molecular complexity index is 266. The first-order chi connectivity index (χ1) is 6.17. The van der Waals surface area contributed by atoms with Gasteiger partial charge < -0.3 is 0 Å². The maximum atomic E-state index is 2.52. The summed E-state index contributed by atoms with van der Waals surface area (Å²) in [5, 5.41) is 0. The molecule has 0 saturated carbocycles. The molecule has 0 amide bonds. The van der Waals surface area contributed by atoms with Gasteiger partial charge in [-0.1, -0.05) is 55.1 Å². The lowest BCUT2D eigenvalue weighted by Crippen LogP contribution is -2.28. The van der Waals surface area contributed by atoms with E-state index < -0.39 is 8.07 Å². The van der Waals surface area contributed by atoms with Crippen LogP contribution in [0.1, 0.15) is 12.8 Å². The van der Waals surface area contributed by atoms with Gasteiger partial charge >= 0.3 is 0 Å². The van der Waals surface area contributed by atoms with E-state index in [0.717, 1.165) is 0 Å². The molecule has 1 heteroatoms. The number of rotatable bonds is 0. The van der Waals surface area contributed by atoms with Crippen LogP contribution >= 0.6 is 0 Å². The largest absolute Gasteiger partial charge is 0.0693 e. The summed E-state index contributed by atoms with van der Waals surface area (Å²) < 4.78 is 0. The third-order valence-electron chi connectivity index (χ3n) is 3.28. The lowest BCUT2D eigenvalue weighted by molar-refractivity contribution is 0.879. The number of hydrogen-bond donors (Lipinski definition) is 0. The van der Waals surface area contributed by atoms with Gasteiger partial charge in [0.1, 0.15) is 0 Å². The van der Waals surface area contributed by atoms with Crippen molar-refractivity contribution in [3.05, 3.63) is 35.5 Å². The summed E-state index contributed by atoms with van der Waals surface area (Å²) >= 11 is 0. The van der Waals surface area contributed by atoms with Gasteiger partial charge in [0.05, 0.1) is 0 Å². The molecule has 0 N–H and O–H groups in total. The lowest BCUT2D eigenvalue weighted by Gasteiger charge is -2.29. The molecule has 2 rings (SSSR count). The van der Waals surface area contributed by atoms with Crippen LogP contribution in [0.4, 0.5) is 0 Å². The molecule has 0 spiro atoms. The van der Waals surface area contributed by atoms with E-state index in [1.165, 1.54) is 30.5 Å². The van der Waals surface area contributed by atoms with Crippen LogP contribution in [-0.4, -0.2) is 8.07 Å². The van der Waals surface area contributed by atoms with Crippen LogP contribution in [0.3, 0.4) is 0 Å². The molecule has 0 bridgehead atoms. The van der Waals surface area contributed by atoms with Crippen LogP contribution in [-0.2, 0) is 0 Å². The molecule has 13 heavy (non-hydrogen) atoms. The molecular weight excluding hydrogens is 172 g/mol. The first-order valence-electron chi connectivity index (χ1n) is 5.24. The summed E-state index contributed by atoms with van der Waals surface area (Å²) in [6, 6.07) is 2.99. The Balaban J connectivity index is 2.10. The number of hydrogen-bond acceptors (Lipinski definition) is 0. The fourth-order valence-electron chi connectivity index (χ4n) is 2.13. The summed E-state index contributed by atoms with van der Waals surface area (Å²) in [4.78, 5) is 0. The fraction of sp³-hybridized carbons (Fsp3) is 0.500. The second kappa shape index (κ2) is 3.30. The molecule has 0 aromatic carbocycles. The first kappa shape index (κ1) is 9.01. The summed E-state index contributed by atoms with van der Waals surface area (Å²) in [7, 11) is -0.766. The van der Waals surface area contributed by atoms with Gasteiger partial charge in [0.25, 0.3) is 0 Å². The average molecular weight is 190 g/mol. The van der Waals surface area contributed by atoms with Gasteiger partial charge in [-0.25, -0.2) is 0 Å². The second-order valence-corrected chi connectivity index (χ2v) is 10.3. The molecular formula is C12H18Si. The molecule has 2 aliphatic rings. The Kier molecular flexibility index (Phi) is 2.29. The SMILES string of the molecule is C[Si]1(C)CCC(=C2C=CC=C2)CC1. The minimum absolute atomic E-state index is 0.766. The summed E-state index contributed by atoms with van der Waals surface area (Å²) in [6.07, 6.45) is 11.6. The van der Waals surface area contributed by atoms with Crippen molar-refractivity contribution in [3.63, 3.8) is 0 Å². The molecule has 1 aliphatic heterocycles. The highest BCUT2D eigenvalue weighted by atomic mass is 28.3. The van der Waals surface area contributed by atoms with Crippen LogP contribution in [0, 0.1) is 0 Å². The van der Waals surface area contributed by atoms with E-state index in [1.54, 1.807) is 5.57 Å². The molecule has 0 unspecified atom stereocenters. The molecule has 1 heterocycles.